The molecule has 2 fully saturated rings. The molecule has 0 aliphatic carbocycles. The third kappa shape index (κ3) is 8.98. The van der Waals surface area contributed by atoms with Crippen molar-refractivity contribution in [1.29, 1.82) is 0 Å². The van der Waals surface area contributed by atoms with Gasteiger partial charge in [0, 0.05) is 23.2 Å². The molecule has 3 atom stereocenters. The summed E-state index contributed by atoms with van der Waals surface area (Å²) in [6, 6.07) is 8.17. The number of aliphatic carboxylic acids is 1. The number of rotatable bonds is 6. The molecule has 3 rings (SSSR count). The van der Waals surface area contributed by atoms with Crippen molar-refractivity contribution in [2.45, 2.75) is 63.3 Å². The SMILES string of the molecule is C=CC(=O)O.CCC(Oc1ccc(Cl)cc1)C(=O)OC1CC2CCC(C1)N2C.O=CO. The van der Waals surface area contributed by atoms with Gasteiger partial charge in [0.05, 0.1) is 0 Å². The van der Waals surface area contributed by atoms with E-state index < -0.39 is 12.1 Å². The van der Waals surface area contributed by atoms with E-state index in [1.807, 2.05) is 6.92 Å². The summed E-state index contributed by atoms with van der Waals surface area (Å²) in [6.45, 7) is 4.64. The number of carboxylic acid groups (broad SMARTS) is 2. The van der Waals surface area contributed by atoms with E-state index >= 15 is 0 Å². The van der Waals surface area contributed by atoms with Gasteiger partial charge in [0.25, 0.3) is 6.47 Å². The molecular formula is C22H30ClNO7. The Kier molecular flexibility index (Phi) is 11.7. The normalized spacial score (nSPS) is 22.5. The number of fused-ring (bicyclic) bond motifs is 2. The summed E-state index contributed by atoms with van der Waals surface area (Å²) in [7, 11) is 2.18. The highest BCUT2D eigenvalue weighted by Gasteiger charge is 2.40. The molecule has 9 heteroatoms. The number of benzene rings is 1. The van der Waals surface area contributed by atoms with Crippen molar-refractivity contribution >= 4 is 30.0 Å². The summed E-state index contributed by atoms with van der Waals surface area (Å²) in [4.78, 5) is 32.5. The smallest absolute Gasteiger partial charge is 0.347 e. The molecule has 31 heavy (non-hydrogen) atoms. The van der Waals surface area contributed by atoms with E-state index in [0.29, 0.717) is 29.3 Å². The highest BCUT2D eigenvalue weighted by atomic mass is 35.5. The minimum atomic E-state index is -0.981. The lowest BCUT2D eigenvalue weighted by Crippen LogP contribution is -2.44. The van der Waals surface area contributed by atoms with Crippen LogP contribution >= 0.6 is 11.6 Å². The fraction of sp³-hybridized carbons (Fsp3) is 0.500. The summed E-state index contributed by atoms with van der Waals surface area (Å²) < 4.78 is 11.5. The van der Waals surface area contributed by atoms with Gasteiger partial charge in [0.2, 0.25) is 0 Å². The number of nitrogens with zero attached hydrogens (tertiary/aromatic N) is 1. The lowest BCUT2D eigenvalue weighted by atomic mass is 10.0. The minimum Gasteiger partial charge on any atom is -0.483 e. The van der Waals surface area contributed by atoms with Gasteiger partial charge in [-0.3, -0.25) is 4.79 Å². The summed E-state index contributed by atoms with van der Waals surface area (Å²) in [5.74, 6) is -0.594. The van der Waals surface area contributed by atoms with Crippen LogP contribution in [0.2, 0.25) is 5.02 Å². The Labute approximate surface area is 187 Å². The number of carboxylic acids is 1. The molecule has 1 aromatic rings. The molecule has 0 saturated carbocycles. The Balaban J connectivity index is 0.000000519. The summed E-state index contributed by atoms with van der Waals surface area (Å²) in [5.41, 5.74) is 0. The van der Waals surface area contributed by atoms with Gasteiger partial charge >= 0.3 is 11.9 Å². The van der Waals surface area contributed by atoms with Crippen molar-refractivity contribution in [3.63, 3.8) is 0 Å². The van der Waals surface area contributed by atoms with Crippen LogP contribution in [0.4, 0.5) is 0 Å². The molecule has 2 aliphatic rings. The molecule has 172 valence electrons. The van der Waals surface area contributed by atoms with Crippen molar-refractivity contribution in [3.05, 3.63) is 41.9 Å². The fourth-order valence-electron chi connectivity index (χ4n) is 3.67. The number of esters is 1. The van der Waals surface area contributed by atoms with Gasteiger partial charge in [-0.05, 0) is 63.4 Å². The molecule has 3 unspecified atom stereocenters. The fourth-order valence-corrected chi connectivity index (χ4v) is 3.80. The quantitative estimate of drug-likeness (QED) is 0.380. The van der Waals surface area contributed by atoms with Crippen LogP contribution in [0, 0.1) is 0 Å². The molecule has 0 spiro atoms. The zero-order valence-corrected chi connectivity index (χ0v) is 18.5. The van der Waals surface area contributed by atoms with Crippen molar-refractivity contribution in [3.8, 4) is 5.75 Å². The van der Waals surface area contributed by atoms with Crippen molar-refractivity contribution < 1.29 is 34.1 Å². The number of piperidine rings is 1. The number of ether oxygens (including phenoxy) is 2. The molecule has 8 nitrogen and oxygen atoms in total. The number of carbonyl (C=O) groups excluding carboxylic acids is 1. The molecule has 2 saturated heterocycles. The third-order valence-corrected chi connectivity index (χ3v) is 5.49. The van der Waals surface area contributed by atoms with Crippen molar-refractivity contribution in [1.82, 2.24) is 4.90 Å². The molecule has 0 radical (unpaired) electrons. The molecule has 2 heterocycles. The number of hydrogen-bond acceptors (Lipinski definition) is 6. The van der Waals surface area contributed by atoms with Gasteiger partial charge in [-0.25, -0.2) is 9.59 Å². The Morgan fingerprint density at radius 3 is 2.16 bits per heavy atom. The second-order valence-corrected chi connectivity index (χ2v) is 7.63. The molecule has 1 aromatic carbocycles. The molecular weight excluding hydrogens is 426 g/mol. The standard InChI is InChI=1S/C18H24ClNO3.C3H4O2.CH2O2/c1-3-17(22-15-8-4-12(19)5-9-15)18(21)23-16-10-13-6-7-14(11-16)20(13)2;1-2-3(4)5;2-1-3/h4-5,8-9,13-14,16-17H,3,6-7,10-11H2,1-2H3;2H,1H2,(H,4,5);1H,(H,2,3). The Morgan fingerprint density at radius 2 is 1.74 bits per heavy atom. The van der Waals surface area contributed by atoms with E-state index in [2.05, 4.69) is 18.5 Å². The summed E-state index contributed by atoms with van der Waals surface area (Å²) in [5, 5.41) is 15.1. The van der Waals surface area contributed by atoms with Gasteiger partial charge in [0.15, 0.2) is 6.10 Å². The van der Waals surface area contributed by atoms with Gasteiger partial charge in [-0.1, -0.05) is 25.1 Å². The summed E-state index contributed by atoms with van der Waals surface area (Å²) in [6.07, 6.45) is 5.20. The van der Waals surface area contributed by atoms with Crippen LogP contribution in [0.1, 0.15) is 39.0 Å². The van der Waals surface area contributed by atoms with E-state index in [-0.39, 0.29) is 18.5 Å². The number of halogens is 1. The Bertz CT molecular complexity index is 711. The first-order chi connectivity index (χ1) is 14.7. The number of carbonyl (C=O) groups is 3. The lowest BCUT2D eigenvalue weighted by Gasteiger charge is -2.36. The lowest BCUT2D eigenvalue weighted by molar-refractivity contribution is -0.161. The zero-order chi connectivity index (χ0) is 23.4. The van der Waals surface area contributed by atoms with E-state index in [1.54, 1.807) is 24.3 Å². The first kappa shape index (κ1) is 26.5. The first-order valence-electron chi connectivity index (χ1n) is 10.0. The van der Waals surface area contributed by atoms with Crippen LogP contribution in [0.5, 0.6) is 5.75 Å². The van der Waals surface area contributed by atoms with E-state index in [4.69, 9.17) is 36.1 Å². The van der Waals surface area contributed by atoms with Gasteiger partial charge in [-0.15, -0.1) is 0 Å². The maximum atomic E-state index is 12.4. The van der Waals surface area contributed by atoms with Gasteiger partial charge in [-0.2, -0.15) is 0 Å². The Hall–Kier alpha value is -2.58. The Morgan fingerprint density at radius 1 is 1.26 bits per heavy atom. The number of hydrogen-bond donors (Lipinski definition) is 2. The average molecular weight is 456 g/mol. The van der Waals surface area contributed by atoms with Crippen LogP contribution in [0.15, 0.2) is 36.9 Å². The molecule has 2 N–H and O–H groups in total. The molecule has 2 bridgehead atoms. The van der Waals surface area contributed by atoms with Crippen molar-refractivity contribution in [2.24, 2.45) is 0 Å². The predicted octanol–water partition coefficient (Wildman–Crippen LogP) is 3.62. The maximum Gasteiger partial charge on any atom is 0.347 e. The topological polar surface area (TPSA) is 113 Å². The van der Waals surface area contributed by atoms with E-state index in [9.17, 15) is 9.59 Å². The maximum absolute atomic E-state index is 12.4. The van der Waals surface area contributed by atoms with E-state index in [0.717, 1.165) is 18.9 Å². The highest BCUT2D eigenvalue weighted by molar-refractivity contribution is 6.30. The minimum absolute atomic E-state index is 0.0269. The third-order valence-electron chi connectivity index (χ3n) is 5.24. The average Bonchev–Trinajstić information content (AvgIpc) is 2.94. The van der Waals surface area contributed by atoms with Crippen LogP contribution < -0.4 is 4.74 Å². The zero-order valence-electron chi connectivity index (χ0n) is 17.8. The van der Waals surface area contributed by atoms with E-state index in [1.165, 1.54) is 12.8 Å². The second-order valence-electron chi connectivity index (χ2n) is 7.20. The monoisotopic (exact) mass is 455 g/mol. The second kappa shape index (κ2) is 13.7. The van der Waals surface area contributed by atoms with Crippen molar-refractivity contribution in [2.75, 3.05) is 7.05 Å². The first-order valence-corrected chi connectivity index (χ1v) is 10.4. The molecule has 2 aliphatic heterocycles. The van der Waals surface area contributed by atoms with Crippen LogP contribution in [0.25, 0.3) is 0 Å². The van der Waals surface area contributed by atoms with Gasteiger partial charge < -0.3 is 24.6 Å². The van der Waals surface area contributed by atoms with Crippen LogP contribution in [-0.4, -0.2) is 64.9 Å². The summed E-state index contributed by atoms with van der Waals surface area (Å²) >= 11 is 5.87. The molecule has 0 aromatic heterocycles. The molecule has 0 amide bonds. The van der Waals surface area contributed by atoms with Crippen LogP contribution in [0.3, 0.4) is 0 Å². The van der Waals surface area contributed by atoms with Gasteiger partial charge in [0.1, 0.15) is 11.9 Å². The largest absolute Gasteiger partial charge is 0.483 e. The van der Waals surface area contributed by atoms with Crippen LogP contribution in [-0.2, 0) is 19.1 Å². The predicted molar refractivity (Wildman–Crippen MR) is 116 cm³/mol. The highest BCUT2D eigenvalue weighted by Crippen LogP contribution is 2.35.